The summed E-state index contributed by atoms with van der Waals surface area (Å²) < 4.78 is 5.41. The summed E-state index contributed by atoms with van der Waals surface area (Å²) in [6, 6.07) is 7.67. The molecule has 5 heteroatoms. The van der Waals surface area contributed by atoms with Crippen LogP contribution in [0.15, 0.2) is 24.3 Å². The predicted octanol–water partition coefficient (Wildman–Crippen LogP) is 4.24. The smallest absolute Gasteiger partial charge is 0.312 e. The molecule has 1 heterocycles. The van der Waals surface area contributed by atoms with E-state index in [0.717, 1.165) is 31.2 Å². The number of ether oxygens (including phenoxy) is 1. The SMILES string of the molecule is CCOC(=O)C1(Cc2ccccc2Cl)CCN(C(=O)C2CCCC2)CC1. The largest absolute Gasteiger partial charge is 0.466 e. The molecule has 1 aliphatic heterocycles. The molecule has 142 valence electrons. The molecule has 0 radical (unpaired) electrons. The number of amides is 1. The Kier molecular flexibility index (Phi) is 6.23. The van der Waals surface area contributed by atoms with Crippen LogP contribution in [0.25, 0.3) is 0 Å². The van der Waals surface area contributed by atoms with Crippen molar-refractivity contribution >= 4 is 23.5 Å². The summed E-state index contributed by atoms with van der Waals surface area (Å²) in [4.78, 5) is 27.5. The third kappa shape index (κ3) is 4.06. The summed E-state index contributed by atoms with van der Waals surface area (Å²) in [7, 11) is 0. The van der Waals surface area contributed by atoms with Crippen LogP contribution in [0.5, 0.6) is 0 Å². The van der Waals surface area contributed by atoms with E-state index in [1.54, 1.807) is 0 Å². The standard InChI is InChI=1S/C21H28ClNO3/c1-2-26-20(25)21(15-17-9-5-6-10-18(17)22)11-13-23(14-12-21)19(24)16-7-3-4-8-16/h5-6,9-10,16H,2-4,7-8,11-15H2,1H3. The fourth-order valence-corrected chi connectivity index (χ4v) is 4.53. The maximum Gasteiger partial charge on any atom is 0.312 e. The molecule has 0 N–H and O–H groups in total. The van der Waals surface area contributed by atoms with Crippen LogP contribution in [0, 0.1) is 11.3 Å². The van der Waals surface area contributed by atoms with Crippen molar-refractivity contribution in [1.82, 2.24) is 4.90 Å². The molecule has 0 bridgehead atoms. The minimum absolute atomic E-state index is 0.159. The molecule has 0 atom stereocenters. The number of carbonyl (C=O) groups excluding carboxylic acids is 2. The van der Waals surface area contributed by atoms with E-state index in [0.29, 0.717) is 44.0 Å². The molecule has 1 aliphatic carbocycles. The fourth-order valence-electron chi connectivity index (χ4n) is 4.33. The Bertz CT molecular complexity index is 646. The maximum absolute atomic E-state index is 12.8. The van der Waals surface area contributed by atoms with Gasteiger partial charge in [0.05, 0.1) is 12.0 Å². The third-order valence-corrected chi connectivity index (χ3v) is 6.30. The van der Waals surface area contributed by atoms with Gasteiger partial charge in [-0.25, -0.2) is 0 Å². The zero-order valence-electron chi connectivity index (χ0n) is 15.5. The van der Waals surface area contributed by atoms with Crippen LogP contribution < -0.4 is 0 Å². The van der Waals surface area contributed by atoms with Gasteiger partial charge in [-0.2, -0.15) is 0 Å². The molecule has 1 aromatic carbocycles. The van der Waals surface area contributed by atoms with Gasteiger partial charge in [0, 0.05) is 24.0 Å². The number of carbonyl (C=O) groups is 2. The molecule has 1 saturated carbocycles. The Morgan fingerprint density at radius 2 is 1.85 bits per heavy atom. The predicted molar refractivity (Wildman–Crippen MR) is 102 cm³/mol. The topological polar surface area (TPSA) is 46.6 Å². The van der Waals surface area contributed by atoms with E-state index < -0.39 is 5.41 Å². The average molecular weight is 378 g/mol. The van der Waals surface area contributed by atoms with Crippen molar-refractivity contribution < 1.29 is 14.3 Å². The van der Waals surface area contributed by atoms with Gasteiger partial charge in [0.1, 0.15) is 0 Å². The number of rotatable bonds is 5. The first kappa shape index (κ1) is 19.2. The zero-order chi connectivity index (χ0) is 18.6. The van der Waals surface area contributed by atoms with Crippen LogP contribution in [0.4, 0.5) is 0 Å². The first-order valence-corrected chi connectivity index (χ1v) is 10.1. The van der Waals surface area contributed by atoms with Gasteiger partial charge in [-0.1, -0.05) is 42.6 Å². The van der Waals surface area contributed by atoms with Crippen molar-refractivity contribution in [1.29, 1.82) is 0 Å². The van der Waals surface area contributed by atoms with Crippen molar-refractivity contribution in [3.63, 3.8) is 0 Å². The van der Waals surface area contributed by atoms with Crippen LogP contribution in [0.2, 0.25) is 5.02 Å². The summed E-state index contributed by atoms with van der Waals surface area (Å²) in [6.45, 7) is 3.45. The minimum atomic E-state index is -0.590. The Morgan fingerprint density at radius 3 is 2.46 bits per heavy atom. The molecule has 4 nitrogen and oxygen atoms in total. The van der Waals surface area contributed by atoms with Crippen LogP contribution in [-0.4, -0.2) is 36.5 Å². The number of halogens is 1. The second-order valence-electron chi connectivity index (χ2n) is 7.58. The Labute approximate surface area is 160 Å². The number of piperidine rings is 1. The van der Waals surface area contributed by atoms with Gasteiger partial charge in [-0.3, -0.25) is 9.59 Å². The number of nitrogens with zero attached hydrogens (tertiary/aromatic N) is 1. The number of benzene rings is 1. The van der Waals surface area contributed by atoms with E-state index in [4.69, 9.17) is 16.3 Å². The normalized spacial score (nSPS) is 20.2. The molecule has 1 saturated heterocycles. The maximum atomic E-state index is 12.8. The van der Waals surface area contributed by atoms with Crippen LogP contribution >= 0.6 is 11.6 Å². The molecule has 0 unspecified atom stereocenters. The quantitative estimate of drug-likeness (QED) is 0.721. The summed E-state index contributed by atoms with van der Waals surface area (Å²) in [6.07, 6.45) is 6.17. The van der Waals surface area contributed by atoms with E-state index in [1.165, 1.54) is 0 Å². The summed E-state index contributed by atoms with van der Waals surface area (Å²) in [5.41, 5.74) is 0.380. The molecule has 26 heavy (non-hydrogen) atoms. The van der Waals surface area contributed by atoms with Crippen molar-refractivity contribution in [2.75, 3.05) is 19.7 Å². The van der Waals surface area contributed by atoms with Gasteiger partial charge in [0.15, 0.2) is 0 Å². The third-order valence-electron chi connectivity index (χ3n) is 5.93. The highest BCUT2D eigenvalue weighted by Gasteiger charge is 2.44. The molecule has 0 spiro atoms. The van der Waals surface area contributed by atoms with Crippen LogP contribution in [0.3, 0.4) is 0 Å². The number of likely N-dealkylation sites (tertiary alicyclic amines) is 1. The molecule has 0 aromatic heterocycles. The molecule has 3 rings (SSSR count). The lowest BCUT2D eigenvalue weighted by Crippen LogP contribution is -2.49. The Balaban J connectivity index is 1.73. The van der Waals surface area contributed by atoms with Crippen molar-refractivity contribution in [2.24, 2.45) is 11.3 Å². The number of hydrogen-bond donors (Lipinski definition) is 0. The van der Waals surface area contributed by atoms with E-state index >= 15 is 0 Å². The van der Waals surface area contributed by atoms with Gasteiger partial charge < -0.3 is 9.64 Å². The van der Waals surface area contributed by atoms with Crippen molar-refractivity contribution in [3.8, 4) is 0 Å². The second-order valence-corrected chi connectivity index (χ2v) is 7.98. The Hall–Kier alpha value is -1.55. The molecular weight excluding hydrogens is 350 g/mol. The van der Waals surface area contributed by atoms with E-state index in [-0.39, 0.29) is 17.8 Å². The first-order valence-electron chi connectivity index (χ1n) is 9.75. The lowest BCUT2D eigenvalue weighted by Gasteiger charge is -2.41. The van der Waals surface area contributed by atoms with Gasteiger partial charge >= 0.3 is 5.97 Å². The molecule has 2 fully saturated rings. The summed E-state index contributed by atoms with van der Waals surface area (Å²) >= 11 is 6.34. The zero-order valence-corrected chi connectivity index (χ0v) is 16.3. The highest BCUT2D eigenvalue weighted by atomic mass is 35.5. The Morgan fingerprint density at radius 1 is 1.19 bits per heavy atom. The second kappa shape index (κ2) is 8.43. The monoisotopic (exact) mass is 377 g/mol. The summed E-state index contributed by atoms with van der Waals surface area (Å²) in [5.74, 6) is 0.305. The summed E-state index contributed by atoms with van der Waals surface area (Å²) in [5, 5.41) is 0.681. The highest BCUT2D eigenvalue weighted by molar-refractivity contribution is 6.31. The lowest BCUT2D eigenvalue weighted by atomic mass is 9.73. The highest BCUT2D eigenvalue weighted by Crippen LogP contribution is 2.39. The molecule has 2 aliphatic rings. The van der Waals surface area contributed by atoms with Gasteiger partial charge in [0.25, 0.3) is 0 Å². The molecule has 1 aromatic rings. The van der Waals surface area contributed by atoms with Gasteiger partial charge in [0.2, 0.25) is 5.91 Å². The van der Waals surface area contributed by atoms with Crippen LogP contribution in [-0.2, 0) is 20.7 Å². The van der Waals surface area contributed by atoms with E-state index in [1.807, 2.05) is 36.1 Å². The fraction of sp³-hybridized carbons (Fsp3) is 0.619. The minimum Gasteiger partial charge on any atom is -0.466 e. The van der Waals surface area contributed by atoms with E-state index in [9.17, 15) is 9.59 Å². The molecule has 1 amide bonds. The van der Waals surface area contributed by atoms with Crippen LogP contribution in [0.1, 0.15) is 51.0 Å². The molecular formula is C21H28ClNO3. The number of hydrogen-bond acceptors (Lipinski definition) is 3. The first-order chi connectivity index (χ1) is 12.6. The van der Waals surface area contributed by atoms with Gasteiger partial charge in [-0.05, 0) is 50.7 Å². The van der Waals surface area contributed by atoms with Crippen molar-refractivity contribution in [3.05, 3.63) is 34.9 Å². The van der Waals surface area contributed by atoms with E-state index in [2.05, 4.69) is 0 Å². The number of esters is 1. The average Bonchev–Trinajstić information content (AvgIpc) is 3.18. The lowest BCUT2D eigenvalue weighted by molar-refractivity contribution is -0.160. The van der Waals surface area contributed by atoms with Gasteiger partial charge in [-0.15, -0.1) is 0 Å². The van der Waals surface area contributed by atoms with Crippen molar-refractivity contribution in [2.45, 2.75) is 51.9 Å².